The molecule has 2 aliphatic rings. The first kappa shape index (κ1) is 46.2. The van der Waals surface area contributed by atoms with E-state index < -0.39 is 11.8 Å². The third kappa shape index (κ3) is 11.7. The van der Waals surface area contributed by atoms with Crippen LogP contribution >= 0.6 is 0 Å². The van der Waals surface area contributed by atoms with E-state index in [1.54, 1.807) is 6.20 Å². The zero-order valence-corrected chi connectivity index (χ0v) is 36.4. The average Bonchev–Trinajstić information content (AvgIpc) is 3.24. The monoisotopic (exact) mass is 845 g/mol. The average molecular weight is 846 g/mol. The summed E-state index contributed by atoms with van der Waals surface area (Å²) in [6.07, 6.45) is 9.85. The lowest BCUT2D eigenvalue weighted by Crippen LogP contribution is -2.51. The lowest BCUT2D eigenvalue weighted by molar-refractivity contribution is -0.118. The van der Waals surface area contributed by atoms with Crippen molar-refractivity contribution in [3.05, 3.63) is 103 Å². The van der Waals surface area contributed by atoms with Gasteiger partial charge in [-0.1, -0.05) is 51.3 Å². The molecule has 17 heteroatoms. The van der Waals surface area contributed by atoms with Gasteiger partial charge in [0.05, 0.1) is 6.20 Å². The number of nitrogens with zero attached hydrogens (tertiary/aromatic N) is 7. The van der Waals surface area contributed by atoms with Crippen LogP contribution in [0.4, 0.5) is 34.8 Å². The second kappa shape index (κ2) is 21.1. The Kier molecular flexibility index (Phi) is 15.7. The molecule has 2 aliphatic carbocycles. The van der Waals surface area contributed by atoms with Gasteiger partial charge in [-0.05, 0) is 112 Å². The van der Waals surface area contributed by atoms with Gasteiger partial charge in [0.25, 0.3) is 11.8 Å². The highest BCUT2D eigenvalue weighted by Crippen LogP contribution is 2.33. The first-order valence-electron chi connectivity index (χ1n) is 20.8. The SMILES string of the molecule is C=CC(=O)NC1CCC[C@@H](N(C)c2cnc(C(N)=O)c(Nc3cccc(C)c3)n2)[C@H]1C.C=CC(=O)NC1CCC[C@@H](N(C)c2nnc(C(N)=O)c(Nc3cccc(C)c3)n2)[C@H]1C. The van der Waals surface area contributed by atoms with E-state index in [1.807, 2.05) is 81.4 Å². The Hall–Kier alpha value is -6.91. The predicted molar refractivity (Wildman–Crippen MR) is 242 cm³/mol. The van der Waals surface area contributed by atoms with E-state index >= 15 is 0 Å². The zero-order chi connectivity index (χ0) is 45.1. The van der Waals surface area contributed by atoms with Crippen molar-refractivity contribution in [1.82, 2.24) is 35.8 Å². The maximum absolute atomic E-state index is 11.9. The fourth-order valence-corrected chi connectivity index (χ4v) is 8.24. The van der Waals surface area contributed by atoms with Gasteiger partial charge in [-0.15, -0.1) is 10.2 Å². The fourth-order valence-electron chi connectivity index (χ4n) is 8.24. The summed E-state index contributed by atoms with van der Waals surface area (Å²) in [6, 6.07) is 15.8. The quantitative estimate of drug-likeness (QED) is 0.0892. The van der Waals surface area contributed by atoms with Gasteiger partial charge in [0.1, 0.15) is 5.82 Å². The van der Waals surface area contributed by atoms with E-state index in [2.05, 4.69) is 78.3 Å². The van der Waals surface area contributed by atoms with Crippen molar-refractivity contribution in [3.63, 3.8) is 0 Å². The number of nitrogens with two attached hydrogens (primary N) is 2. The van der Waals surface area contributed by atoms with Crippen LogP contribution < -0.4 is 42.5 Å². The number of hydrogen-bond donors (Lipinski definition) is 6. The number of primary amides is 2. The van der Waals surface area contributed by atoms with E-state index in [0.717, 1.165) is 61.0 Å². The number of carbonyl (C=O) groups is 4. The summed E-state index contributed by atoms with van der Waals surface area (Å²) < 4.78 is 0. The fraction of sp³-hybridized carbons (Fsp3) is 0.400. The van der Waals surface area contributed by atoms with Gasteiger partial charge >= 0.3 is 0 Å². The Morgan fingerprint density at radius 2 is 1.18 bits per heavy atom. The third-order valence-corrected chi connectivity index (χ3v) is 11.7. The lowest BCUT2D eigenvalue weighted by Gasteiger charge is -2.41. The standard InChI is InChI=1S/C23H30N6O2.C22H29N7O2/c1-5-20(30)27-17-10-7-11-18(15(17)3)29(4)19-13-25-21(22(24)31)23(28-19)26-16-9-6-8-14(2)12-16;1-5-18(30)25-16-10-7-11-17(14(16)3)29(4)22-26-21(19(20(23)31)27-28-22)24-15-9-6-8-13(2)12-15/h5-6,8-9,12-13,15,17-18H,1,7,10-11H2,2-4H3,(H2,24,31)(H,26,28)(H,27,30);5-6,8-9,12,14,16-17H,1,7,10-11H2,2-4H3,(H2,23,31)(H,25,30)(H,24,26,28)/t15-,17?,18+;14-,16?,17+/m00/s1. The third-order valence-electron chi connectivity index (χ3n) is 11.7. The number of amides is 4. The van der Waals surface area contributed by atoms with Crippen LogP contribution in [0.15, 0.2) is 80.0 Å². The number of benzene rings is 2. The molecule has 4 aromatic rings. The van der Waals surface area contributed by atoms with E-state index in [-0.39, 0.29) is 65.0 Å². The first-order valence-corrected chi connectivity index (χ1v) is 20.8. The molecule has 0 radical (unpaired) electrons. The molecule has 8 N–H and O–H groups in total. The predicted octanol–water partition coefficient (Wildman–Crippen LogP) is 5.24. The van der Waals surface area contributed by atoms with Crippen LogP contribution in [0.1, 0.15) is 84.5 Å². The molecule has 2 heterocycles. The number of carbonyl (C=O) groups excluding carboxylic acids is 4. The molecule has 17 nitrogen and oxygen atoms in total. The minimum absolute atomic E-state index is 0.0218. The molecular weight excluding hydrogens is 787 g/mol. The summed E-state index contributed by atoms with van der Waals surface area (Å²) in [5.41, 5.74) is 14.8. The summed E-state index contributed by atoms with van der Waals surface area (Å²) in [6.45, 7) is 15.3. The van der Waals surface area contributed by atoms with E-state index in [9.17, 15) is 19.2 Å². The minimum Gasteiger partial charge on any atom is -0.364 e. The van der Waals surface area contributed by atoms with Gasteiger partial charge in [-0.25, -0.2) is 9.97 Å². The molecule has 2 aromatic carbocycles. The van der Waals surface area contributed by atoms with Crippen molar-refractivity contribution < 1.29 is 19.2 Å². The second-order valence-electron chi connectivity index (χ2n) is 16.0. The molecule has 2 aromatic heterocycles. The van der Waals surface area contributed by atoms with Crippen LogP contribution in [-0.4, -0.2) is 87.0 Å². The van der Waals surface area contributed by atoms with Gasteiger partial charge in [0.15, 0.2) is 23.0 Å². The highest BCUT2D eigenvalue weighted by atomic mass is 16.2. The molecule has 62 heavy (non-hydrogen) atoms. The van der Waals surface area contributed by atoms with Crippen molar-refractivity contribution in [1.29, 1.82) is 0 Å². The van der Waals surface area contributed by atoms with Crippen molar-refractivity contribution >= 4 is 58.4 Å². The smallest absolute Gasteiger partial charge is 0.273 e. The Morgan fingerprint density at radius 1 is 0.694 bits per heavy atom. The van der Waals surface area contributed by atoms with Crippen molar-refractivity contribution in [2.75, 3.05) is 34.5 Å². The van der Waals surface area contributed by atoms with E-state index in [4.69, 9.17) is 11.5 Å². The van der Waals surface area contributed by atoms with Crippen LogP contribution in [-0.2, 0) is 9.59 Å². The molecule has 6 rings (SSSR count). The topological polar surface area (TPSA) is 239 Å². The van der Waals surface area contributed by atoms with Gasteiger partial charge in [0.2, 0.25) is 17.8 Å². The lowest BCUT2D eigenvalue weighted by atomic mass is 9.81. The summed E-state index contributed by atoms with van der Waals surface area (Å²) in [4.78, 5) is 64.9. The van der Waals surface area contributed by atoms with E-state index in [0.29, 0.717) is 17.6 Å². The highest BCUT2D eigenvalue weighted by Gasteiger charge is 2.36. The zero-order valence-electron chi connectivity index (χ0n) is 36.4. The number of hydrogen-bond acceptors (Lipinski definition) is 13. The van der Waals surface area contributed by atoms with Gasteiger partial charge in [-0.3, -0.25) is 19.2 Å². The number of nitrogens with one attached hydrogen (secondary N) is 4. The van der Waals surface area contributed by atoms with Crippen molar-refractivity contribution in [2.45, 2.75) is 90.4 Å². The second-order valence-corrected chi connectivity index (χ2v) is 16.0. The van der Waals surface area contributed by atoms with Gasteiger partial charge < -0.3 is 42.5 Å². The molecule has 0 aliphatic heterocycles. The van der Waals surface area contributed by atoms with Gasteiger partial charge in [0, 0.05) is 49.6 Å². The maximum atomic E-state index is 11.9. The van der Waals surface area contributed by atoms with Crippen LogP contribution in [0.25, 0.3) is 0 Å². The molecule has 328 valence electrons. The van der Waals surface area contributed by atoms with E-state index in [1.165, 1.54) is 12.2 Å². The maximum Gasteiger partial charge on any atom is 0.273 e. The molecule has 2 saturated carbocycles. The van der Waals surface area contributed by atoms with Crippen LogP contribution in [0.5, 0.6) is 0 Å². The summed E-state index contributed by atoms with van der Waals surface area (Å²) >= 11 is 0. The molecule has 0 saturated heterocycles. The largest absolute Gasteiger partial charge is 0.364 e. The number of aryl methyl sites for hydroxylation is 2. The number of anilines is 6. The molecule has 0 spiro atoms. The van der Waals surface area contributed by atoms with Gasteiger partial charge in [-0.2, -0.15) is 4.98 Å². The Labute approximate surface area is 363 Å². The summed E-state index contributed by atoms with van der Waals surface area (Å²) in [5, 5.41) is 20.6. The van der Waals surface area contributed by atoms with Crippen LogP contribution in [0.2, 0.25) is 0 Å². The molecular formula is C45H59N13O4. The van der Waals surface area contributed by atoms with Crippen LogP contribution in [0.3, 0.4) is 0 Å². The molecule has 2 unspecified atom stereocenters. The molecule has 6 atom stereocenters. The Balaban J connectivity index is 0.000000234. The Bertz CT molecular complexity index is 2110. The Morgan fingerprint density at radius 3 is 1.65 bits per heavy atom. The van der Waals surface area contributed by atoms with Crippen molar-refractivity contribution in [2.24, 2.45) is 23.3 Å². The van der Waals surface area contributed by atoms with Crippen molar-refractivity contribution in [3.8, 4) is 0 Å². The summed E-state index contributed by atoms with van der Waals surface area (Å²) in [7, 11) is 3.86. The van der Waals surface area contributed by atoms with Crippen LogP contribution in [0, 0.1) is 25.7 Å². The number of rotatable bonds is 14. The molecule has 0 bridgehead atoms. The highest BCUT2D eigenvalue weighted by molar-refractivity contribution is 5.97. The summed E-state index contributed by atoms with van der Waals surface area (Å²) in [5.74, 6) is 0.281. The number of aromatic nitrogens is 5. The minimum atomic E-state index is -0.706. The molecule has 4 amide bonds. The molecule has 2 fully saturated rings. The first-order chi connectivity index (χ1) is 29.6. The normalized spacial score (nSPS) is 20.5.